The molecule has 278 valence electrons. The van der Waals surface area contributed by atoms with E-state index in [0.29, 0.717) is 41.8 Å². The first-order valence-corrected chi connectivity index (χ1v) is 18.5. The topological polar surface area (TPSA) is 160 Å². The minimum atomic E-state index is -4.25. The van der Waals surface area contributed by atoms with Crippen LogP contribution < -0.4 is 33.7 Å². The third-order valence-electron chi connectivity index (χ3n) is 7.64. The van der Waals surface area contributed by atoms with Crippen LogP contribution in [0.15, 0.2) is 96.0 Å². The van der Waals surface area contributed by atoms with E-state index >= 15 is 0 Å². The zero-order valence-corrected chi connectivity index (χ0v) is 31.3. The summed E-state index contributed by atoms with van der Waals surface area (Å²) in [5, 5.41) is 2.71. The van der Waals surface area contributed by atoms with Crippen molar-refractivity contribution >= 4 is 27.6 Å². The molecule has 0 aliphatic heterocycles. The van der Waals surface area contributed by atoms with Gasteiger partial charge in [-0.1, -0.05) is 51.1 Å². The van der Waals surface area contributed by atoms with Gasteiger partial charge in [0.15, 0.2) is 23.1 Å². The lowest BCUT2D eigenvalue weighted by atomic mass is 9.87. The molecule has 0 spiro atoms. The molecule has 13 nitrogen and oxygen atoms in total. The van der Waals surface area contributed by atoms with E-state index in [1.165, 1.54) is 19.2 Å². The molecule has 3 aromatic carbocycles. The lowest BCUT2D eigenvalue weighted by Crippen LogP contribution is -2.18. The Hall–Kier alpha value is -5.89. The monoisotopic (exact) mass is 741 g/mol. The number of para-hydroxylation sites is 2. The molecule has 0 saturated heterocycles. The van der Waals surface area contributed by atoms with Gasteiger partial charge in [0.05, 0.1) is 38.2 Å². The van der Waals surface area contributed by atoms with E-state index < -0.39 is 10.0 Å². The highest BCUT2D eigenvalue weighted by Crippen LogP contribution is 2.42. The summed E-state index contributed by atoms with van der Waals surface area (Å²) in [6.07, 6.45) is 1.47. The van der Waals surface area contributed by atoms with Crippen molar-refractivity contribution in [2.24, 2.45) is 0 Å². The molecule has 5 rings (SSSR count). The number of sulfonamides is 1. The first-order chi connectivity index (χ1) is 25.4. The molecule has 0 unspecified atom stereocenters. The fraction of sp³-hybridized carbons (Fsp3) is 0.282. The van der Waals surface area contributed by atoms with E-state index in [4.69, 9.17) is 28.7 Å². The molecule has 0 aliphatic carbocycles. The lowest BCUT2D eigenvalue weighted by Gasteiger charge is -2.20. The van der Waals surface area contributed by atoms with Crippen LogP contribution in [0.25, 0.3) is 11.4 Å². The fourth-order valence-corrected chi connectivity index (χ4v) is 6.04. The van der Waals surface area contributed by atoms with Crippen LogP contribution in [0.5, 0.6) is 34.6 Å². The number of rotatable bonds is 16. The molecule has 1 amide bonds. The predicted octanol–water partition coefficient (Wildman–Crippen LogP) is 7.64. The van der Waals surface area contributed by atoms with Crippen LogP contribution >= 0.6 is 0 Å². The molecule has 0 atom stereocenters. The van der Waals surface area contributed by atoms with Gasteiger partial charge in [0.25, 0.3) is 15.9 Å². The van der Waals surface area contributed by atoms with Crippen molar-refractivity contribution in [3.8, 4) is 46.0 Å². The van der Waals surface area contributed by atoms with Crippen molar-refractivity contribution in [1.29, 1.82) is 0 Å². The largest absolute Gasteiger partial charge is 0.494 e. The van der Waals surface area contributed by atoms with Crippen molar-refractivity contribution in [1.82, 2.24) is 15.0 Å². The number of benzene rings is 3. The average Bonchev–Trinajstić information content (AvgIpc) is 3.13. The number of methoxy groups -OCH3 is 1. The van der Waals surface area contributed by atoms with Gasteiger partial charge in [-0.05, 0) is 73.4 Å². The van der Waals surface area contributed by atoms with Gasteiger partial charge >= 0.3 is 0 Å². The molecule has 14 heteroatoms. The molecule has 2 N–H and O–H groups in total. The highest BCUT2D eigenvalue weighted by Gasteiger charge is 2.26. The van der Waals surface area contributed by atoms with Crippen LogP contribution in [-0.2, 0) is 20.2 Å². The smallest absolute Gasteiger partial charge is 0.263 e. The molecule has 0 bridgehead atoms. The molecular formula is C39H43N5O8S. The number of carbonyl (C=O) groups is 1. The maximum Gasteiger partial charge on any atom is 0.263 e. The number of pyridine rings is 1. The van der Waals surface area contributed by atoms with Crippen LogP contribution in [0.3, 0.4) is 0 Å². The normalized spacial score (nSPS) is 11.4. The number of hydrogen-bond acceptors (Lipinski definition) is 11. The van der Waals surface area contributed by atoms with Gasteiger partial charge in [-0.15, -0.1) is 0 Å². The number of amides is 1. The summed E-state index contributed by atoms with van der Waals surface area (Å²) in [6.45, 7) is 10.4. The van der Waals surface area contributed by atoms with Crippen LogP contribution in [0.2, 0.25) is 0 Å². The molecule has 0 aliphatic rings. The number of nitrogens with one attached hydrogen (secondary N) is 2. The summed E-state index contributed by atoms with van der Waals surface area (Å²) in [7, 11) is -2.77. The van der Waals surface area contributed by atoms with Gasteiger partial charge in [0.2, 0.25) is 11.7 Å². The first-order valence-electron chi connectivity index (χ1n) is 17.0. The molecule has 53 heavy (non-hydrogen) atoms. The second-order valence-electron chi connectivity index (χ2n) is 12.6. The summed E-state index contributed by atoms with van der Waals surface area (Å²) in [5.74, 6) is 1.11. The summed E-state index contributed by atoms with van der Waals surface area (Å²) in [5.41, 5.74) is 1.21. The summed E-state index contributed by atoms with van der Waals surface area (Å²) in [6, 6.07) is 23.7. The van der Waals surface area contributed by atoms with E-state index in [-0.39, 0.29) is 58.3 Å². The van der Waals surface area contributed by atoms with Gasteiger partial charge < -0.3 is 29.0 Å². The quantitative estimate of drug-likeness (QED) is 0.102. The van der Waals surface area contributed by atoms with E-state index in [1.807, 2.05) is 34.6 Å². The van der Waals surface area contributed by atoms with Crippen molar-refractivity contribution in [2.75, 3.05) is 37.0 Å². The number of hydrogen-bond donors (Lipinski definition) is 2. The molecule has 2 aromatic heterocycles. The maximum atomic E-state index is 14.0. The Morgan fingerprint density at radius 3 is 2.08 bits per heavy atom. The Morgan fingerprint density at radius 1 is 0.811 bits per heavy atom. The van der Waals surface area contributed by atoms with E-state index in [9.17, 15) is 13.2 Å². The zero-order chi connectivity index (χ0) is 38.0. The number of aromatic nitrogens is 3. The first kappa shape index (κ1) is 38.3. The Balaban J connectivity index is 1.63. The lowest BCUT2D eigenvalue weighted by molar-refractivity contribution is -0.116. The highest BCUT2D eigenvalue weighted by molar-refractivity contribution is 7.92. The van der Waals surface area contributed by atoms with Crippen molar-refractivity contribution in [3.05, 3.63) is 96.7 Å². The summed E-state index contributed by atoms with van der Waals surface area (Å²) < 4.78 is 60.2. The molecule has 2 heterocycles. The Kier molecular flexibility index (Phi) is 12.4. The number of carbonyl (C=O) groups excluding carboxylic acids is 1. The molecule has 0 radical (unpaired) electrons. The van der Waals surface area contributed by atoms with Gasteiger partial charge in [0, 0.05) is 17.8 Å². The number of nitrogens with zero attached hydrogens (tertiary/aromatic N) is 3. The van der Waals surface area contributed by atoms with E-state index in [0.717, 1.165) is 5.56 Å². The molecule has 5 aromatic rings. The van der Waals surface area contributed by atoms with Crippen molar-refractivity contribution in [3.63, 3.8) is 0 Å². The minimum absolute atomic E-state index is 0.000426. The minimum Gasteiger partial charge on any atom is -0.494 e. The van der Waals surface area contributed by atoms with Crippen molar-refractivity contribution in [2.45, 2.75) is 51.3 Å². The Bertz CT molecular complexity index is 2100. The molecule has 0 saturated carbocycles. The Labute approximate surface area is 309 Å². The second kappa shape index (κ2) is 17.1. The van der Waals surface area contributed by atoms with E-state index in [2.05, 4.69) is 20.0 Å². The highest BCUT2D eigenvalue weighted by atomic mass is 32.2. The van der Waals surface area contributed by atoms with Crippen LogP contribution in [0.4, 0.5) is 11.6 Å². The van der Waals surface area contributed by atoms with Crippen LogP contribution in [-0.4, -0.2) is 56.2 Å². The number of anilines is 2. The molecule has 0 fully saturated rings. The van der Waals surface area contributed by atoms with Gasteiger partial charge in [-0.25, -0.2) is 18.4 Å². The third-order valence-corrected chi connectivity index (χ3v) is 8.99. The average molecular weight is 742 g/mol. The summed E-state index contributed by atoms with van der Waals surface area (Å²) >= 11 is 0. The fourth-order valence-electron chi connectivity index (χ4n) is 5.03. The Morgan fingerprint density at radius 2 is 1.47 bits per heavy atom. The van der Waals surface area contributed by atoms with Gasteiger partial charge in [-0.2, -0.15) is 4.98 Å². The number of ether oxygens (including phenoxy) is 5. The van der Waals surface area contributed by atoms with Crippen molar-refractivity contribution < 1.29 is 36.9 Å². The van der Waals surface area contributed by atoms with Crippen LogP contribution in [0, 0.1) is 0 Å². The maximum absolute atomic E-state index is 14.0. The zero-order valence-electron chi connectivity index (χ0n) is 30.5. The van der Waals surface area contributed by atoms with Gasteiger partial charge in [-0.3, -0.25) is 9.52 Å². The second-order valence-corrected chi connectivity index (χ2v) is 14.3. The molecular weight excluding hydrogens is 699 g/mol. The van der Waals surface area contributed by atoms with Crippen LogP contribution in [0.1, 0.15) is 46.6 Å². The summed E-state index contributed by atoms with van der Waals surface area (Å²) in [4.78, 5) is 26.3. The van der Waals surface area contributed by atoms with Gasteiger partial charge in [0.1, 0.15) is 17.3 Å². The SMILES string of the molecule is CCOc1cc(OCC)cc(-c2nc(NS(=O)(=O)c3ccc(C(C)(C)C)cc3)c(Oc3ccccc3OC)c(OCCC(=O)Nc3ccccn3)n2)c1. The predicted molar refractivity (Wildman–Crippen MR) is 202 cm³/mol. The third kappa shape index (κ3) is 10.1. The standard InChI is InChI=1S/C39H43N5O8S/c1-7-49-28-23-26(24-29(25-28)50-8-2)36-42-37(44-53(46,47)30-18-16-27(17-19-30)39(3,4)5)35(52-32-14-10-9-13-31(32)48-6)38(43-36)51-22-20-34(45)41-33-15-11-12-21-40-33/h9-19,21,23-25H,7-8,20,22H2,1-6H3,(H,40,41,45)(H,42,43,44). The van der Waals surface area contributed by atoms with E-state index in [1.54, 1.807) is 79.0 Å².